The lowest BCUT2D eigenvalue weighted by atomic mass is 9.96. The highest BCUT2D eigenvalue weighted by Gasteiger charge is 2.21. The Morgan fingerprint density at radius 1 is 0.383 bits per heavy atom. The number of hydrogen-bond donors (Lipinski definition) is 0. The Morgan fingerprint density at radius 2 is 1.09 bits per heavy atom. The molecule has 0 unspecified atom stereocenters. The molecular formula is C44H26N2O. The van der Waals surface area contributed by atoms with Crippen LogP contribution in [0.2, 0.25) is 0 Å². The molecule has 0 amide bonds. The van der Waals surface area contributed by atoms with Crippen LogP contribution in [0.4, 0.5) is 0 Å². The molecule has 11 rings (SSSR count). The van der Waals surface area contributed by atoms with E-state index in [9.17, 15) is 0 Å². The van der Waals surface area contributed by atoms with Gasteiger partial charge in [-0.05, 0) is 77.0 Å². The summed E-state index contributed by atoms with van der Waals surface area (Å²) in [5.74, 6) is 0. The van der Waals surface area contributed by atoms with Crippen LogP contribution in [0, 0.1) is 0 Å². The fraction of sp³-hybridized carbons (Fsp3) is 0. The molecule has 3 aromatic heterocycles. The van der Waals surface area contributed by atoms with E-state index in [1.807, 2.05) is 6.07 Å². The summed E-state index contributed by atoms with van der Waals surface area (Å²) in [5.41, 5.74) is 11.2. The van der Waals surface area contributed by atoms with Crippen LogP contribution in [0.1, 0.15) is 0 Å². The molecule has 47 heavy (non-hydrogen) atoms. The summed E-state index contributed by atoms with van der Waals surface area (Å²) >= 11 is 0. The summed E-state index contributed by atoms with van der Waals surface area (Å²) in [6, 6.07) is 57.0. The first-order valence-corrected chi connectivity index (χ1v) is 16.1. The van der Waals surface area contributed by atoms with Gasteiger partial charge in [0.1, 0.15) is 11.2 Å². The topological polar surface area (TPSA) is 23.0 Å². The molecule has 0 radical (unpaired) electrons. The second-order valence-corrected chi connectivity index (χ2v) is 12.5. The van der Waals surface area contributed by atoms with E-state index >= 15 is 0 Å². The predicted molar refractivity (Wildman–Crippen MR) is 197 cm³/mol. The summed E-state index contributed by atoms with van der Waals surface area (Å²) in [6.45, 7) is 0. The van der Waals surface area contributed by atoms with Crippen LogP contribution in [0.3, 0.4) is 0 Å². The van der Waals surface area contributed by atoms with Crippen molar-refractivity contribution in [3.63, 3.8) is 0 Å². The van der Waals surface area contributed by atoms with Crippen molar-refractivity contribution >= 4 is 76.3 Å². The van der Waals surface area contributed by atoms with Gasteiger partial charge in [0.15, 0.2) is 0 Å². The summed E-state index contributed by atoms with van der Waals surface area (Å²) in [7, 11) is 0. The maximum absolute atomic E-state index is 6.51. The Balaban J connectivity index is 1.23. The Hall–Kier alpha value is -6.32. The number of benzene rings is 8. The minimum atomic E-state index is 0.916. The Morgan fingerprint density at radius 3 is 2.02 bits per heavy atom. The van der Waals surface area contributed by atoms with Gasteiger partial charge in [-0.15, -0.1) is 0 Å². The van der Waals surface area contributed by atoms with Crippen molar-refractivity contribution in [1.29, 1.82) is 0 Å². The van der Waals surface area contributed by atoms with Gasteiger partial charge < -0.3 is 13.6 Å². The van der Waals surface area contributed by atoms with E-state index in [2.05, 4.69) is 161 Å². The van der Waals surface area contributed by atoms with Gasteiger partial charge in [0.25, 0.3) is 0 Å². The van der Waals surface area contributed by atoms with Crippen molar-refractivity contribution in [3.05, 3.63) is 158 Å². The molecule has 0 saturated carbocycles. The van der Waals surface area contributed by atoms with Crippen LogP contribution in [0.25, 0.3) is 98.8 Å². The molecule has 3 heteroatoms. The lowest BCUT2D eigenvalue weighted by molar-refractivity contribution is 0.670. The molecule has 8 aromatic carbocycles. The summed E-state index contributed by atoms with van der Waals surface area (Å²) in [4.78, 5) is 0. The van der Waals surface area contributed by atoms with Gasteiger partial charge in [-0.3, -0.25) is 0 Å². The third-order valence-electron chi connectivity index (χ3n) is 10.0. The van der Waals surface area contributed by atoms with E-state index in [0.29, 0.717) is 0 Å². The first-order chi connectivity index (χ1) is 23.3. The van der Waals surface area contributed by atoms with Crippen LogP contribution in [-0.2, 0) is 0 Å². The van der Waals surface area contributed by atoms with E-state index in [1.54, 1.807) is 0 Å². The minimum absolute atomic E-state index is 0.916. The number of fused-ring (bicyclic) bond motifs is 6. The lowest BCUT2D eigenvalue weighted by Crippen LogP contribution is -1.96. The molecule has 0 bridgehead atoms. The second kappa shape index (κ2) is 9.12. The maximum Gasteiger partial charge on any atom is 0.143 e. The van der Waals surface area contributed by atoms with Crippen LogP contribution in [0.15, 0.2) is 162 Å². The predicted octanol–water partition coefficient (Wildman–Crippen LogP) is 12.0. The van der Waals surface area contributed by atoms with Crippen molar-refractivity contribution in [1.82, 2.24) is 9.13 Å². The van der Waals surface area contributed by atoms with Crippen molar-refractivity contribution in [2.75, 3.05) is 0 Å². The number of nitrogens with zero attached hydrogens (tertiary/aromatic N) is 2. The number of furan rings is 1. The van der Waals surface area contributed by atoms with Crippen molar-refractivity contribution in [2.45, 2.75) is 0 Å². The molecule has 0 saturated heterocycles. The van der Waals surface area contributed by atoms with Crippen molar-refractivity contribution < 1.29 is 4.42 Å². The molecule has 218 valence electrons. The normalized spacial score (nSPS) is 12.3. The van der Waals surface area contributed by atoms with Gasteiger partial charge >= 0.3 is 0 Å². The van der Waals surface area contributed by atoms with E-state index in [4.69, 9.17) is 4.42 Å². The number of rotatable bonds is 3. The molecule has 0 N–H and O–H groups in total. The van der Waals surface area contributed by atoms with Gasteiger partial charge in [-0.2, -0.15) is 0 Å². The van der Waals surface area contributed by atoms with Crippen LogP contribution in [0.5, 0.6) is 0 Å². The molecule has 0 fully saturated rings. The fourth-order valence-corrected chi connectivity index (χ4v) is 8.06. The first-order valence-electron chi connectivity index (χ1n) is 16.1. The van der Waals surface area contributed by atoms with E-state index in [1.165, 1.54) is 60.1 Å². The average molecular weight is 599 g/mol. The van der Waals surface area contributed by atoms with E-state index in [-0.39, 0.29) is 0 Å². The highest BCUT2D eigenvalue weighted by atomic mass is 16.3. The molecule has 3 nitrogen and oxygen atoms in total. The summed E-state index contributed by atoms with van der Waals surface area (Å²) in [6.07, 6.45) is 0. The van der Waals surface area contributed by atoms with Gasteiger partial charge in [-0.1, -0.05) is 97.1 Å². The first kappa shape index (κ1) is 24.9. The van der Waals surface area contributed by atoms with Crippen molar-refractivity contribution in [3.8, 4) is 22.5 Å². The largest absolute Gasteiger partial charge is 0.455 e. The quantitative estimate of drug-likeness (QED) is 0.186. The standard InChI is InChI=1S/C44H26N2O/c1-2-11-30(12-3-1)45-37-17-6-4-13-33(37)36-26-31(22-23-38(36)45)46-39-18-8-10-27-20-21-28-24-29(25-40(46)43(28)42(27)39)32-15-9-16-35-34-14-5-7-19-41(34)47-44(32)35/h1-26H. The van der Waals surface area contributed by atoms with Crippen LogP contribution in [-0.4, -0.2) is 9.13 Å². The number of aromatic nitrogens is 2. The number of para-hydroxylation sites is 4. The highest BCUT2D eigenvalue weighted by Crippen LogP contribution is 2.44. The van der Waals surface area contributed by atoms with Gasteiger partial charge in [0.05, 0.1) is 22.1 Å². The zero-order chi connectivity index (χ0) is 30.6. The fourth-order valence-electron chi connectivity index (χ4n) is 8.06. The Kier molecular flexibility index (Phi) is 4.84. The van der Waals surface area contributed by atoms with Gasteiger partial charge in [0, 0.05) is 49.3 Å². The van der Waals surface area contributed by atoms with Crippen LogP contribution < -0.4 is 0 Å². The minimum Gasteiger partial charge on any atom is -0.455 e. The Bertz CT molecular complexity index is 3010. The molecular weight excluding hydrogens is 572 g/mol. The van der Waals surface area contributed by atoms with Gasteiger partial charge in [-0.25, -0.2) is 0 Å². The number of hydrogen-bond acceptors (Lipinski definition) is 1. The highest BCUT2D eigenvalue weighted by molar-refractivity contribution is 6.25. The SMILES string of the molecule is c1ccc(-n2c3ccccc3c3cc(-n4c5cccc6ccc7cc(-c8cccc9c8oc8ccccc89)cc4c7c65)ccc32)cc1. The molecule has 0 aliphatic carbocycles. The van der Waals surface area contributed by atoms with E-state index in [0.717, 1.165) is 38.8 Å². The summed E-state index contributed by atoms with van der Waals surface area (Å²) < 4.78 is 11.3. The molecule has 0 spiro atoms. The third-order valence-corrected chi connectivity index (χ3v) is 10.0. The average Bonchev–Trinajstić information content (AvgIpc) is 3.79. The third kappa shape index (κ3) is 3.35. The maximum atomic E-state index is 6.51. The molecule has 3 heterocycles. The molecule has 0 aliphatic heterocycles. The van der Waals surface area contributed by atoms with Crippen molar-refractivity contribution in [2.24, 2.45) is 0 Å². The zero-order valence-electron chi connectivity index (χ0n) is 25.3. The smallest absolute Gasteiger partial charge is 0.143 e. The Labute approximate surface area is 269 Å². The van der Waals surface area contributed by atoms with Gasteiger partial charge in [0.2, 0.25) is 0 Å². The molecule has 11 aromatic rings. The van der Waals surface area contributed by atoms with Crippen LogP contribution >= 0.6 is 0 Å². The molecule has 0 aliphatic rings. The zero-order valence-corrected chi connectivity index (χ0v) is 25.3. The lowest BCUT2D eigenvalue weighted by Gasteiger charge is -2.11. The monoisotopic (exact) mass is 598 g/mol. The molecule has 0 atom stereocenters. The van der Waals surface area contributed by atoms with E-state index < -0.39 is 0 Å². The summed E-state index contributed by atoms with van der Waals surface area (Å²) in [5, 5.41) is 9.87. The second-order valence-electron chi connectivity index (χ2n) is 12.5.